The molecule has 0 radical (unpaired) electrons. The van der Waals surface area contributed by atoms with Crippen LogP contribution in [-0.2, 0) is 0 Å². The average Bonchev–Trinajstić information content (AvgIpc) is 2.59. The predicted octanol–water partition coefficient (Wildman–Crippen LogP) is -3.00. The topological polar surface area (TPSA) is 15.6 Å². The summed E-state index contributed by atoms with van der Waals surface area (Å²) in [6.07, 6.45) is 6.62. The van der Waals surface area contributed by atoms with E-state index >= 15 is 0 Å². The molecule has 1 aliphatic rings. The molecule has 0 spiro atoms. The SMILES string of the molecule is C=CC(=C)N(C[CH2-])C[CH2-].CC1=NC=C[I-]C=[C-]1.[Li+]. The standard InChI is InChI=1S/C8H13N.C6H6IN.Li/c1-5-8(4)9(6-2)7-3;1-6-2-3-7-4-5-8-6;/h5H,1-4,6-7H2;3-5H,1H3;/q2*-2;+1. The van der Waals surface area contributed by atoms with E-state index in [0.717, 1.165) is 11.4 Å². The van der Waals surface area contributed by atoms with Gasteiger partial charge in [0, 0.05) is 5.70 Å². The Kier molecular flexibility index (Phi) is 14.7. The summed E-state index contributed by atoms with van der Waals surface area (Å²) in [4.78, 5) is 5.98. The van der Waals surface area contributed by atoms with Crippen molar-refractivity contribution in [3.8, 4) is 0 Å². The van der Waals surface area contributed by atoms with Crippen LogP contribution in [0.25, 0.3) is 0 Å². The zero-order valence-corrected chi connectivity index (χ0v) is 13.5. The van der Waals surface area contributed by atoms with Gasteiger partial charge in [0.2, 0.25) is 0 Å². The average molecular weight is 349 g/mol. The van der Waals surface area contributed by atoms with Gasteiger partial charge >= 0.3 is 78.1 Å². The van der Waals surface area contributed by atoms with Crippen molar-refractivity contribution in [3.63, 3.8) is 0 Å². The van der Waals surface area contributed by atoms with Crippen LogP contribution in [0.5, 0.6) is 0 Å². The van der Waals surface area contributed by atoms with Gasteiger partial charge < -0.3 is 18.7 Å². The molecule has 0 atom stereocenters. The van der Waals surface area contributed by atoms with Gasteiger partial charge in [-0.2, -0.15) is 0 Å². The maximum atomic E-state index is 4.04. The van der Waals surface area contributed by atoms with Gasteiger partial charge in [-0.3, -0.25) is 0 Å². The number of halogens is 1. The van der Waals surface area contributed by atoms with E-state index in [1.165, 1.54) is 0 Å². The first-order valence-corrected chi connectivity index (χ1v) is 7.69. The molecule has 0 bridgehead atoms. The van der Waals surface area contributed by atoms with Crippen LogP contribution >= 0.6 is 0 Å². The summed E-state index contributed by atoms with van der Waals surface area (Å²) in [7, 11) is 0. The number of hydrogen-bond donors (Lipinski definition) is 0. The van der Waals surface area contributed by atoms with Gasteiger partial charge in [0.05, 0.1) is 0 Å². The van der Waals surface area contributed by atoms with Crippen LogP contribution in [0.3, 0.4) is 0 Å². The summed E-state index contributed by atoms with van der Waals surface area (Å²) >= 11 is 0.129. The van der Waals surface area contributed by atoms with E-state index in [9.17, 15) is 0 Å². The molecule has 0 aromatic carbocycles. The van der Waals surface area contributed by atoms with E-state index in [0.29, 0.717) is 13.1 Å². The summed E-state index contributed by atoms with van der Waals surface area (Å²) < 4.78 is 4.20. The second-order valence-electron chi connectivity index (χ2n) is 3.05. The largest absolute Gasteiger partial charge is 1.00 e. The minimum Gasteiger partial charge on any atom is 1.00 e. The molecule has 4 heteroatoms. The summed E-state index contributed by atoms with van der Waals surface area (Å²) in [5.41, 5.74) is 1.87. The predicted molar refractivity (Wildman–Crippen MR) is 71.7 cm³/mol. The fourth-order valence-electron chi connectivity index (χ4n) is 0.885. The van der Waals surface area contributed by atoms with Gasteiger partial charge in [0.15, 0.2) is 0 Å². The third kappa shape index (κ3) is 9.75. The molecule has 18 heavy (non-hydrogen) atoms. The molecule has 1 heterocycles. The van der Waals surface area contributed by atoms with Crippen LogP contribution in [0.1, 0.15) is 6.92 Å². The number of aliphatic imine (C=N–C) groups is 1. The summed E-state index contributed by atoms with van der Waals surface area (Å²) in [6, 6.07) is 0. The number of rotatable bonds is 4. The molecular formula is C14H19ILiN2-3. The number of hydrogen-bond acceptors (Lipinski definition) is 2. The Morgan fingerprint density at radius 1 is 1.56 bits per heavy atom. The minimum atomic E-state index is 0. The Bertz CT molecular complexity index is 329. The maximum absolute atomic E-state index is 4.04. The molecule has 0 fully saturated rings. The summed E-state index contributed by atoms with van der Waals surface area (Å²) in [5.74, 6) is 0. The monoisotopic (exact) mass is 349 g/mol. The van der Waals surface area contributed by atoms with Gasteiger partial charge in [-0.25, -0.2) is 0 Å². The number of allylic oxidation sites excluding steroid dienone is 2. The Labute approximate surface area is 134 Å². The fraction of sp³-hybridized carbons (Fsp3) is 0.214. The van der Waals surface area contributed by atoms with Crippen LogP contribution < -0.4 is 40.1 Å². The van der Waals surface area contributed by atoms with Crippen molar-refractivity contribution in [2.45, 2.75) is 6.92 Å². The van der Waals surface area contributed by atoms with Gasteiger partial charge in [0.1, 0.15) is 0 Å². The van der Waals surface area contributed by atoms with Gasteiger partial charge in [-0.05, 0) is 6.08 Å². The summed E-state index contributed by atoms with van der Waals surface area (Å²) in [5, 5.41) is 0. The summed E-state index contributed by atoms with van der Waals surface area (Å²) in [6.45, 7) is 18.1. The Balaban J connectivity index is 0. The molecule has 2 nitrogen and oxygen atoms in total. The van der Waals surface area contributed by atoms with E-state index in [1.807, 2.05) is 18.0 Å². The molecule has 1 rings (SSSR count). The van der Waals surface area contributed by atoms with Crippen LogP contribution in [0.2, 0.25) is 0 Å². The van der Waals surface area contributed by atoms with E-state index in [1.54, 1.807) is 6.08 Å². The first-order chi connectivity index (χ1) is 8.15. The van der Waals surface area contributed by atoms with E-state index in [2.05, 4.69) is 46.2 Å². The molecule has 0 unspecified atom stereocenters. The Morgan fingerprint density at radius 3 is 2.61 bits per heavy atom. The first kappa shape index (κ1) is 20.1. The smallest absolute Gasteiger partial charge is 1.00 e. The van der Waals surface area contributed by atoms with E-state index in [4.69, 9.17) is 0 Å². The maximum Gasteiger partial charge on any atom is 1.00 e. The molecule has 0 saturated heterocycles. The van der Waals surface area contributed by atoms with Crippen molar-refractivity contribution in [2.24, 2.45) is 4.99 Å². The van der Waals surface area contributed by atoms with Crippen molar-refractivity contribution in [1.29, 1.82) is 0 Å². The van der Waals surface area contributed by atoms with Crippen LogP contribution in [0, 0.1) is 19.9 Å². The Morgan fingerprint density at radius 2 is 2.17 bits per heavy atom. The van der Waals surface area contributed by atoms with Crippen molar-refractivity contribution in [3.05, 3.63) is 59.2 Å². The molecule has 0 aliphatic carbocycles. The second-order valence-corrected chi connectivity index (χ2v) is 5.11. The van der Waals surface area contributed by atoms with E-state index < -0.39 is 0 Å². The third-order valence-corrected chi connectivity index (χ3v) is 3.31. The molecule has 0 saturated carbocycles. The van der Waals surface area contributed by atoms with Crippen LogP contribution in [-0.4, -0.2) is 23.7 Å². The molecule has 96 valence electrons. The fourth-order valence-corrected chi connectivity index (χ4v) is 2.07. The molecule has 0 amide bonds. The molecule has 0 N–H and O–H groups in total. The van der Waals surface area contributed by atoms with Crippen molar-refractivity contribution in [2.75, 3.05) is 13.1 Å². The second kappa shape index (κ2) is 13.2. The zero-order valence-electron chi connectivity index (χ0n) is 11.3. The van der Waals surface area contributed by atoms with Gasteiger partial charge in [-0.15, -0.1) is 13.1 Å². The van der Waals surface area contributed by atoms with E-state index in [-0.39, 0.29) is 40.1 Å². The molecular weight excluding hydrogens is 330 g/mol. The minimum absolute atomic E-state index is 0. The van der Waals surface area contributed by atoms with Crippen LogP contribution in [0.15, 0.2) is 44.3 Å². The quantitative estimate of drug-likeness (QED) is 0.229. The molecule has 0 aromatic rings. The van der Waals surface area contributed by atoms with Crippen molar-refractivity contribution >= 4 is 5.71 Å². The van der Waals surface area contributed by atoms with Gasteiger partial charge in [0.25, 0.3) is 0 Å². The Hall–Kier alpha value is -0.243. The molecule has 0 aromatic heterocycles. The molecule has 1 aliphatic heterocycles. The first-order valence-electron chi connectivity index (χ1n) is 5.20. The van der Waals surface area contributed by atoms with Crippen LogP contribution in [0.4, 0.5) is 0 Å². The van der Waals surface area contributed by atoms with Gasteiger partial charge in [-0.1, -0.05) is 13.2 Å². The zero-order chi connectivity index (χ0) is 13.1. The third-order valence-electron chi connectivity index (χ3n) is 1.91. The van der Waals surface area contributed by atoms with Crippen molar-refractivity contribution < 1.29 is 40.1 Å². The van der Waals surface area contributed by atoms with Crippen molar-refractivity contribution in [1.82, 2.24) is 4.90 Å². The number of nitrogens with zero attached hydrogens (tertiary/aromatic N) is 2. The normalized spacial score (nSPS) is 12.7.